The molecule has 2 aromatic carbocycles. The predicted octanol–water partition coefficient (Wildman–Crippen LogP) is 3.84. The Morgan fingerprint density at radius 2 is 1.63 bits per heavy atom. The largest absolute Gasteiger partial charge is 0.377 e. The van der Waals surface area contributed by atoms with Gasteiger partial charge in [0, 0.05) is 57.3 Å². The van der Waals surface area contributed by atoms with Gasteiger partial charge in [0.25, 0.3) is 0 Å². The number of anilines is 2. The molecule has 2 aromatic rings. The van der Waals surface area contributed by atoms with Crippen molar-refractivity contribution in [1.29, 1.82) is 0 Å². The van der Waals surface area contributed by atoms with E-state index in [0.717, 1.165) is 16.9 Å². The molecule has 1 heterocycles. The van der Waals surface area contributed by atoms with Crippen LogP contribution in [-0.2, 0) is 16.0 Å². The number of hydrogen-bond acceptors (Lipinski definition) is 4. The minimum atomic E-state index is -0.877. The SMILES string of the molecule is CN(C)c1cccc2ccc3c(c12)N(C)CC1(C3)C(=O)CC(C)(C)CC1=O. The monoisotopic (exact) mass is 364 g/mol. The highest BCUT2D eigenvalue weighted by atomic mass is 16.2. The van der Waals surface area contributed by atoms with Crippen LogP contribution in [0.5, 0.6) is 0 Å². The van der Waals surface area contributed by atoms with Crippen LogP contribution in [0.4, 0.5) is 11.4 Å². The van der Waals surface area contributed by atoms with Gasteiger partial charge in [-0.3, -0.25) is 9.59 Å². The van der Waals surface area contributed by atoms with E-state index in [-0.39, 0.29) is 17.0 Å². The third kappa shape index (κ3) is 2.65. The summed E-state index contributed by atoms with van der Waals surface area (Å²) < 4.78 is 0. The molecule has 0 unspecified atom stereocenters. The molecular formula is C23H28N2O2. The van der Waals surface area contributed by atoms with E-state index in [0.29, 0.717) is 25.8 Å². The van der Waals surface area contributed by atoms with Crippen molar-refractivity contribution >= 4 is 33.7 Å². The van der Waals surface area contributed by atoms with Gasteiger partial charge in [-0.15, -0.1) is 0 Å². The normalized spacial score (nSPS) is 20.9. The molecule has 4 heteroatoms. The van der Waals surface area contributed by atoms with E-state index in [2.05, 4.69) is 54.2 Å². The smallest absolute Gasteiger partial charge is 0.149 e. The average Bonchev–Trinajstić information content (AvgIpc) is 2.58. The van der Waals surface area contributed by atoms with Crippen molar-refractivity contribution in [1.82, 2.24) is 0 Å². The van der Waals surface area contributed by atoms with E-state index in [1.165, 1.54) is 10.8 Å². The molecule has 142 valence electrons. The fraction of sp³-hybridized carbons (Fsp3) is 0.478. The number of fused-ring (bicyclic) bond motifs is 3. The van der Waals surface area contributed by atoms with Gasteiger partial charge in [-0.25, -0.2) is 0 Å². The predicted molar refractivity (Wildman–Crippen MR) is 111 cm³/mol. The zero-order valence-corrected chi connectivity index (χ0v) is 16.9. The van der Waals surface area contributed by atoms with E-state index >= 15 is 0 Å². The van der Waals surface area contributed by atoms with Crippen molar-refractivity contribution in [2.45, 2.75) is 33.1 Å². The number of nitrogens with zero attached hydrogens (tertiary/aromatic N) is 2. The lowest BCUT2D eigenvalue weighted by Crippen LogP contribution is -2.56. The van der Waals surface area contributed by atoms with Crippen molar-refractivity contribution in [3.63, 3.8) is 0 Å². The third-order valence-electron chi connectivity index (χ3n) is 6.29. The summed E-state index contributed by atoms with van der Waals surface area (Å²) in [4.78, 5) is 30.5. The maximum atomic E-state index is 13.1. The molecule has 4 rings (SSSR count). The molecule has 0 amide bonds. The molecule has 0 N–H and O–H groups in total. The summed E-state index contributed by atoms with van der Waals surface area (Å²) in [5.74, 6) is 0.226. The summed E-state index contributed by atoms with van der Waals surface area (Å²) in [5, 5.41) is 2.39. The fourth-order valence-corrected chi connectivity index (χ4v) is 5.00. The molecule has 4 nitrogen and oxygen atoms in total. The molecule has 0 bridgehead atoms. The van der Waals surface area contributed by atoms with Gasteiger partial charge in [0.15, 0.2) is 0 Å². The lowest BCUT2D eigenvalue weighted by Gasteiger charge is -2.46. The van der Waals surface area contributed by atoms with Crippen LogP contribution < -0.4 is 9.80 Å². The number of rotatable bonds is 1. The van der Waals surface area contributed by atoms with Crippen LogP contribution in [0.15, 0.2) is 30.3 Å². The third-order valence-corrected chi connectivity index (χ3v) is 6.29. The summed E-state index contributed by atoms with van der Waals surface area (Å²) in [5.41, 5.74) is 2.33. The Bertz CT molecular complexity index is 938. The quantitative estimate of drug-likeness (QED) is 0.721. The van der Waals surface area contributed by atoms with Crippen LogP contribution in [0.2, 0.25) is 0 Å². The highest BCUT2D eigenvalue weighted by Crippen LogP contribution is 2.48. The van der Waals surface area contributed by atoms with Gasteiger partial charge in [0.2, 0.25) is 0 Å². The zero-order valence-electron chi connectivity index (χ0n) is 16.9. The number of hydrogen-bond donors (Lipinski definition) is 0. The second-order valence-electron chi connectivity index (χ2n) is 9.32. The van der Waals surface area contributed by atoms with Gasteiger partial charge in [0.05, 0.1) is 0 Å². The van der Waals surface area contributed by atoms with E-state index in [9.17, 15) is 9.59 Å². The lowest BCUT2D eigenvalue weighted by molar-refractivity contribution is -0.147. The summed E-state index contributed by atoms with van der Waals surface area (Å²) in [7, 11) is 6.12. The molecule has 0 atom stereocenters. The Kier molecular flexibility index (Phi) is 3.88. The number of carbonyl (C=O) groups is 2. The van der Waals surface area contributed by atoms with Crippen molar-refractivity contribution in [2.24, 2.45) is 10.8 Å². The van der Waals surface area contributed by atoms with Crippen LogP contribution >= 0.6 is 0 Å². The maximum absolute atomic E-state index is 13.1. The summed E-state index contributed by atoms with van der Waals surface area (Å²) in [6, 6.07) is 10.6. The van der Waals surface area contributed by atoms with Crippen LogP contribution in [0.25, 0.3) is 10.8 Å². The molecule has 27 heavy (non-hydrogen) atoms. The first kappa shape index (κ1) is 18.0. The van der Waals surface area contributed by atoms with Crippen molar-refractivity contribution < 1.29 is 9.59 Å². The molecule has 0 radical (unpaired) electrons. The second-order valence-corrected chi connectivity index (χ2v) is 9.32. The highest BCUT2D eigenvalue weighted by molar-refractivity contribution is 6.12. The first-order valence-electron chi connectivity index (χ1n) is 9.64. The zero-order chi connectivity index (χ0) is 19.6. The molecule has 1 fully saturated rings. The Hall–Kier alpha value is -2.36. The number of ketones is 2. The van der Waals surface area contributed by atoms with E-state index in [1.54, 1.807) is 0 Å². The van der Waals surface area contributed by atoms with Crippen LogP contribution in [0.1, 0.15) is 32.3 Å². The molecule has 0 saturated heterocycles. The lowest BCUT2D eigenvalue weighted by atomic mass is 9.60. The molecule has 1 aliphatic heterocycles. The number of benzene rings is 2. The van der Waals surface area contributed by atoms with Gasteiger partial charge in [-0.05, 0) is 28.9 Å². The summed E-state index contributed by atoms with van der Waals surface area (Å²) >= 11 is 0. The van der Waals surface area contributed by atoms with Crippen molar-refractivity contribution in [3.8, 4) is 0 Å². The van der Waals surface area contributed by atoms with Crippen LogP contribution in [0, 0.1) is 10.8 Å². The van der Waals surface area contributed by atoms with Gasteiger partial charge < -0.3 is 9.80 Å². The molecule has 0 aromatic heterocycles. The second kappa shape index (κ2) is 5.82. The molecular weight excluding hydrogens is 336 g/mol. The maximum Gasteiger partial charge on any atom is 0.149 e. The first-order valence-corrected chi connectivity index (χ1v) is 9.64. The van der Waals surface area contributed by atoms with Gasteiger partial charge in [0.1, 0.15) is 17.0 Å². The summed E-state index contributed by atoms with van der Waals surface area (Å²) in [6.45, 7) is 4.52. The minimum Gasteiger partial charge on any atom is -0.377 e. The van der Waals surface area contributed by atoms with E-state index in [4.69, 9.17) is 0 Å². The highest BCUT2D eigenvalue weighted by Gasteiger charge is 2.54. The van der Waals surface area contributed by atoms with Crippen molar-refractivity contribution in [3.05, 3.63) is 35.9 Å². The Labute approximate surface area is 161 Å². The molecule has 2 aliphatic rings. The Morgan fingerprint density at radius 3 is 2.26 bits per heavy atom. The number of Topliss-reactive ketones (excluding diaryl/α,β-unsaturated/α-hetero) is 2. The van der Waals surface area contributed by atoms with E-state index < -0.39 is 5.41 Å². The minimum absolute atomic E-state index is 0.113. The van der Waals surface area contributed by atoms with Gasteiger partial charge >= 0.3 is 0 Å². The standard InChI is InChI=1S/C23H28N2O2/c1-22(2)12-18(26)23(19(27)13-22)11-16-10-9-15-7-6-8-17(24(3)4)20(15)21(16)25(5)14-23/h6-10H,11-14H2,1-5H3. The summed E-state index contributed by atoms with van der Waals surface area (Å²) in [6.07, 6.45) is 1.50. The van der Waals surface area contributed by atoms with Crippen molar-refractivity contribution in [2.75, 3.05) is 37.5 Å². The van der Waals surface area contributed by atoms with Crippen LogP contribution in [-0.4, -0.2) is 39.3 Å². The average molecular weight is 364 g/mol. The number of carbonyl (C=O) groups excluding carboxylic acids is 2. The molecule has 1 aliphatic carbocycles. The fourth-order valence-electron chi connectivity index (χ4n) is 5.00. The van der Waals surface area contributed by atoms with Crippen LogP contribution in [0.3, 0.4) is 0 Å². The Balaban J connectivity index is 1.88. The first-order chi connectivity index (χ1) is 12.6. The topological polar surface area (TPSA) is 40.6 Å². The Morgan fingerprint density at radius 1 is 0.963 bits per heavy atom. The van der Waals surface area contributed by atoms with Gasteiger partial charge in [-0.2, -0.15) is 0 Å². The molecule has 1 saturated carbocycles. The van der Waals surface area contributed by atoms with E-state index in [1.807, 2.05) is 20.9 Å². The van der Waals surface area contributed by atoms with Gasteiger partial charge in [-0.1, -0.05) is 38.1 Å². The molecule has 1 spiro atoms.